The highest BCUT2D eigenvalue weighted by molar-refractivity contribution is 9.10. The molecule has 3 nitrogen and oxygen atoms in total. The number of carbonyl (C=O) groups is 1. The molecule has 0 saturated heterocycles. The van der Waals surface area contributed by atoms with Crippen molar-refractivity contribution in [2.45, 2.75) is 0 Å². The van der Waals surface area contributed by atoms with Gasteiger partial charge in [0.15, 0.2) is 0 Å². The molecule has 3 rings (SSSR count). The third-order valence-electron chi connectivity index (χ3n) is 3.15. The zero-order chi connectivity index (χ0) is 15.0. The zero-order valence-corrected chi connectivity index (χ0v) is 13.0. The largest absolute Gasteiger partial charge is 0.478 e. The molecule has 0 spiro atoms. The fourth-order valence-corrected chi connectivity index (χ4v) is 2.90. The summed E-state index contributed by atoms with van der Waals surface area (Å²) < 4.78 is 0.780. The number of nitrogens with zero attached hydrogens (tertiary/aromatic N) is 1. The first-order valence-electron chi connectivity index (χ1n) is 6.15. The number of hydrogen-bond donors (Lipinski definition) is 1. The molecule has 0 aliphatic rings. The third-order valence-corrected chi connectivity index (χ3v) is 4.01. The van der Waals surface area contributed by atoms with Crippen LogP contribution in [0.1, 0.15) is 10.4 Å². The van der Waals surface area contributed by atoms with E-state index in [1.807, 2.05) is 36.4 Å². The van der Waals surface area contributed by atoms with E-state index in [-0.39, 0.29) is 10.6 Å². The fraction of sp³-hybridized carbons (Fsp3) is 0. The Bertz CT molecular complexity index is 850. The molecule has 0 aliphatic heterocycles. The monoisotopic (exact) mass is 361 g/mol. The first-order valence-corrected chi connectivity index (χ1v) is 7.32. The average molecular weight is 363 g/mol. The van der Waals surface area contributed by atoms with E-state index in [1.54, 1.807) is 12.1 Å². The van der Waals surface area contributed by atoms with Gasteiger partial charge >= 0.3 is 5.97 Å². The van der Waals surface area contributed by atoms with Gasteiger partial charge in [-0.2, -0.15) is 0 Å². The summed E-state index contributed by atoms with van der Waals surface area (Å²) in [5.74, 6) is -1.07. The van der Waals surface area contributed by atoms with E-state index >= 15 is 0 Å². The van der Waals surface area contributed by atoms with Crippen molar-refractivity contribution in [2.24, 2.45) is 0 Å². The fourth-order valence-electron chi connectivity index (χ4n) is 2.21. The van der Waals surface area contributed by atoms with Gasteiger partial charge in [0.1, 0.15) is 0 Å². The first-order chi connectivity index (χ1) is 10.1. The van der Waals surface area contributed by atoms with Crippen LogP contribution >= 0.6 is 27.5 Å². The summed E-state index contributed by atoms with van der Waals surface area (Å²) in [5.41, 5.74) is 1.93. The molecule has 0 saturated carbocycles. The van der Waals surface area contributed by atoms with Gasteiger partial charge in [-0.15, -0.1) is 0 Å². The van der Waals surface area contributed by atoms with E-state index in [0.717, 1.165) is 10.0 Å². The lowest BCUT2D eigenvalue weighted by Gasteiger charge is -2.10. The molecule has 0 amide bonds. The van der Waals surface area contributed by atoms with Gasteiger partial charge < -0.3 is 5.11 Å². The molecule has 0 bridgehead atoms. The Balaban J connectivity index is 2.41. The summed E-state index contributed by atoms with van der Waals surface area (Å²) in [7, 11) is 0. The number of aromatic nitrogens is 1. The van der Waals surface area contributed by atoms with E-state index in [1.165, 1.54) is 0 Å². The van der Waals surface area contributed by atoms with Gasteiger partial charge in [-0.1, -0.05) is 57.9 Å². The number of hydrogen-bond acceptors (Lipinski definition) is 2. The Morgan fingerprint density at radius 2 is 1.86 bits per heavy atom. The number of benzene rings is 2. The lowest BCUT2D eigenvalue weighted by atomic mass is 10.0. The molecular formula is C16H9BrClNO2. The molecule has 21 heavy (non-hydrogen) atoms. The van der Waals surface area contributed by atoms with Gasteiger partial charge in [0, 0.05) is 15.4 Å². The van der Waals surface area contributed by atoms with Crippen molar-refractivity contribution in [1.82, 2.24) is 4.98 Å². The van der Waals surface area contributed by atoms with E-state index in [0.29, 0.717) is 16.6 Å². The molecule has 0 radical (unpaired) electrons. The molecule has 0 aliphatic carbocycles. The first kappa shape index (κ1) is 14.0. The van der Waals surface area contributed by atoms with E-state index in [9.17, 15) is 9.90 Å². The summed E-state index contributed by atoms with van der Waals surface area (Å²) >= 11 is 9.65. The standard InChI is InChI=1S/C16H9BrClNO2/c17-10-6-7-12-11(8-10)13(16(20)21)14(18)15(19-12)9-4-2-1-3-5-9/h1-8H,(H,20,21). The van der Waals surface area contributed by atoms with Crippen LogP contribution in [0, 0.1) is 0 Å². The second-order valence-corrected chi connectivity index (χ2v) is 5.78. The summed E-state index contributed by atoms with van der Waals surface area (Å²) in [5, 5.41) is 10.2. The lowest BCUT2D eigenvalue weighted by Crippen LogP contribution is -2.02. The minimum Gasteiger partial charge on any atom is -0.478 e. The van der Waals surface area contributed by atoms with Crippen molar-refractivity contribution >= 4 is 44.4 Å². The molecule has 1 N–H and O–H groups in total. The van der Waals surface area contributed by atoms with Crippen molar-refractivity contribution in [3.05, 3.63) is 63.6 Å². The van der Waals surface area contributed by atoms with Crippen LogP contribution in [0.25, 0.3) is 22.2 Å². The number of fused-ring (bicyclic) bond motifs is 1. The van der Waals surface area contributed by atoms with Gasteiger partial charge in [-0.05, 0) is 18.2 Å². The van der Waals surface area contributed by atoms with E-state index in [4.69, 9.17) is 11.6 Å². The second-order valence-electron chi connectivity index (χ2n) is 4.48. The van der Waals surface area contributed by atoms with Crippen LogP contribution in [0.3, 0.4) is 0 Å². The molecular weight excluding hydrogens is 354 g/mol. The van der Waals surface area contributed by atoms with Crippen LogP contribution < -0.4 is 0 Å². The predicted molar refractivity (Wildman–Crippen MR) is 86.8 cm³/mol. The maximum Gasteiger partial charge on any atom is 0.337 e. The molecule has 1 aromatic heterocycles. The number of carboxylic acids is 1. The molecule has 1 heterocycles. The summed E-state index contributed by atoms with van der Waals surface area (Å²) in [4.78, 5) is 16.1. The van der Waals surface area contributed by atoms with Crippen molar-refractivity contribution in [2.75, 3.05) is 0 Å². The third kappa shape index (κ3) is 2.52. The Morgan fingerprint density at radius 3 is 2.52 bits per heavy atom. The Kier molecular flexibility index (Phi) is 3.66. The SMILES string of the molecule is O=C(O)c1c(Cl)c(-c2ccccc2)nc2ccc(Br)cc12. The molecule has 0 fully saturated rings. The van der Waals surface area contributed by atoms with Crippen molar-refractivity contribution < 1.29 is 9.90 Å². The minimum absolute atomic E-state index is 0.0711. The Hall–Kier alpha value is -1.91. The zero-order valence-electron chi connectivity index (χ0n) is 10.7. The lowest BCUT2D eigenvalue weighted by molar-refractivity contribution is 0.0699. The average Bonchev–Trinajstić information content (AvgIpc) is 2.47. The molecule has 104 valence electrons. The maximum absolute atomic E-state index is 11.6. The maximum atomic E-state index is 11.6. The van der Waals surface area contributed by atoms with Crippen LogP contribution in [0.2, 0.25) is 5.02 Å². The molecule has 2 aromatic carbocycles. The van der Waals surface area contributed by atoms with Crippen LogP contribution in [0.15, 0.2) is 53.0 Å². The minimum atomic E-state index is -1.07. The predicted octanol–water partition coefficient (Wildman–Crippen LogP) is 5.02. The molecule has 0 unspecified atom stereocenters. The molecule has 5 heteroatoms. The molecule has 3 aromatic rings. The van der Waals surface area contributed by atoms with E-state index in [2.05, 4.69) is 20.9 Å². The Morgan fingerprint density at radius 1 is 1.14 bits per heavy atom. The van der Waals surface area contributed by atoms with E-state index < -0.39 is 5.97 Å². The summed E-state index contributed by atoms with van der Waals surface area (Å²) in [6, 6.07) is 14.6. The highest BCUT2D eigenvalue weighted by atomic mass is 79.9. The van der Waals surface area contributed by atoms with Crippen LogP contribution in [0.4, 0.5) is 0 Å². The van der Waals surface area contributed by atoms with Crippen molar-refractivity contribution in [1.29, 1.82) is 0 Å². The summed E-state index contributed by atoms with van der Waals surface area (Å²) in [6.07, 6.45) is 0. The highest BCUT2D eigenvalue weighted by Crippen LogP contribution is 2.34. The van der Waals surface area contributed by atoms with Crippen molar-refractivity contribution in [3.8, 4) is 11.3 Å². The number of carboxylic acid groups (broad SMARTS) is 1. The van der Waals surface area contributed by atoms with Crippen LogP contribution in [-0.2, 0) is 0 Å². The quantitative estimate of drug-likeness (QED) is 0.696. The molecule has 0 atom stereocenters. The van der Waals surface area contributed by atoms with Gasteiger partial charge in [0.25, 0.3) is 0 Å². The van der Waals surface area contributed by atoms with Crippen molar-refractivity contribution in [3.63, 3.8) is 0 Å². The van der Waals surface area contributed by atoms with Crippen LogP contribution in [-0.4, -0.2) is 16.1 Å². The summed E-state index contributed by atoms with van der Waals surface area (Å²) in [6.45, 7) is 0. The second kappa shape index (κ2) is 5.47. The highest BCUT2D eigenvalue weighted by Gasteiger charge is 2.19. The van der Waals surface area contributed by atoms with Gasteiger partial charge in [0.05, 0.1) is 21.8 Å². The van der Waals surface area contributed by atoms with Gasteiger partial charge in [0.2, 0.25) is 0 Å². The number of pyridine rings is 1. The van der Waals surface area contributed by atoms with Gasteiger partial charge in [-0.3, -0.25) is 0 Å². The Labute approximate surface area is 134 Å². The topological polar surface area (TPSA) is 50.2 Å². The normalized spacial score (nSPS) is 10.8. The smallest absolute Gasteiger partial charge is 0.337 e. The number of rotatable bonds is 2. The number of halogens is 2. The van der Waals surface area contributed by atoms with Crippen LogP contribution in [0.5, 0.6) is 0 Å². The van der Waals surface area contributed by atoms with Gasteiger partial charge in [-0.25, -0.2) is 9.78 Å². The number of aromatic carboxylic acids is 1.